The molecule has 0 bridgehead atoms. The third-order valence-electron chi connectivity index (χ3n) is 3.38. The van der Waals surface area contributed by atoms with E-state index in [9.17, 15) is 18.5 Å². The Balaban J connectivity index is 0.00000220. The molecule has 0 saturated carbocycles. The van der Waals surface area contributed by atoms with E-state index < -0.39 is 14.9 Å². The van der Waals surface area contributed by atoms with Gasteiger partial charge in [-0.3, -0.25) is 10.1 Å². The van der Waals surface area contributed by atoms with Crippen LogP contribution in [0.3, 0.4) is 0 Å². The second-order valence-corrected chi connectivity index (χ2v) is 7.15. The molecule has 1 fully saturated rings. The Morgan fingerprint density at radius 1 is 1.43 bits per heavy atom. The second kappa shape index (κ2) is 6.45. The monoisotopic (exact) mass is 355 g/mol. The van der Waals surface area contributed by atoms with Gasteiger partial charge in [-0.2, -0.15) is 4.31 Å². The van der Waals surface area contributed by atoms with E-state index in [-0.39, 0.29) is 46.5 Å². The molecular formula is C11H15Cl2N3O4S. The van der Waals surface area contributed by atoms with E-state index >= 15 is 0 Å². The van der Waals surface area contributed by atoms with Crippen molar-refractivity contribution in [2.75, 3.05) is 13.1 Å². The first-order valence-corrected chi connectivity index (χ1v) is 7.75. The average molecular weight is 356 g/mol. The predicted octanol–water partition coefficient (Wildman–Crippen LogP) is 1.64. The topological polar surface area (TPSA) is 107 Å². The first-order chi connectivity index (χ1) is 9.23. The van der Waals surface area contributed by atoms with Crippen LogP contribution in [0.5, 0.6) is 0 Å². The van der Waals surface area contributed by atoms with Crippen molar-refractivity contribution < 1.29 is 13.3 Å². The minimum atomic E-state index is -3.78. The van der Waals surface area contributed by atoms with Crippen LogP contribution in [0, 0.1) is 16.0 Å². The molecule has 2 rings (SSSR count). The summed E-state index contributed by atoms with van der Waals surface area (Å²) in [5.41, 5.74) is 5.57. The Kier molecular flexibility index (Phi) is 5.57. The lowest BCUT2D eigenvalue weighted by atomic mass is 10.1. The number of benzene rings is 1. The van der Waals surface area contributed by atoms with Gasteiger partial charge >= 0.3 is 0 Å². The molecule has 10 heteroatoms. The molecule has 1 aliphatic heterocycles. The summed E-state index contributed by atoms with van der Waals surface area (Å²) in [5, 5.41) is 10.5. The van der Waals surface area contributed by atoms with Gasteiger partial charge < -0.3 is 5.73 Å². The number of hydrogen-bond donors (Lipinski definition) is 1. The summed E-state index contributed by atoms with van der Waals surface area (Å²) in [6, 6.07) is 3.10. The van der Waals surface area contributed by atoms with Gasteiger partial charge in [0, 0.05) is 31.3 Å². The number of sulfonamides is 1. The minimum absolute atomic E-state index is 0. The zero-order chi connectivity index (χ0) is 15.1. The summed E-state index contributed by atoms with van der Waals surface area (Å²) < 4.78 is 26.1. The van der Waals surface area contributed by atoms with Gasteiger partial charge in [-0.15, -0.1) is 12.4 Å². The van der Waals surface area contributed by atoms with Crippen molar-refractivity contribution in [2.45, 2.75) is 17.9 Å². The molecule has 21 heavy (non-hydrogen) atoms. The van der Waals surface area contributed by atoms with Crippen LogP contribution in [0.4, 0.5) is 5.69 Å². The highest BCUT2D eigenvalue weighted by Gasteiger charge is 2.36. The van der Waals surface area contributed by atoms with Crippen LogP contribution in [0.25, 0.3) is 0 Å². The summed E-state index contributed by atoms with van der Waals surface area (Å²) >= 11 is 5.87. The number of nitro groups is 1. The maximum Gasteiger partial charge on any atom is 0.271 e. The van der Waals surface area contributed by atoms with Gasteiger partial charge in [0.1, 0.15) is 4.90 Å². The van der Waals surface area contributed by atoms with E-state index in [1.54, 1.807) is 0 Å². The zero-order valence-electron chi connectivity index (χ0n) is 11.1. The second-order valence-electron chi connectivity index (χ2n) is 4.83. The molecule has 118 valence electrons. The fraction of sp³-hybridized carbons (Fsp3) is 0.455. The molecule has 1 heterocycles. The van der Waals surface area contributed by atoms with Gasteiger partial charge in [-0.25, -0.2) is 8.42 Å². The van der Waals surface area contributed by atoms with Crippen molar-refractivity contribution in [3.05, 3.63) is 33.3 Å². The van der Waals surface area contributed by atoms with Crippen molar-refractivity contribution in [1.29, 1.82) is 0 Å². The van der Waals surface area contributed by atoms with E-state index in [0.29, 0.717) is 6.54 Å². The molecule has 2 atom stereocenters. The zero-order valence-corrected chi connectivity index (χ0v) is 13.5. The van der Waals surface area contributed by atoms with Gasteiger partial charge in [0.2, 0.25) is 10.0 Å². The van der Waals surface area contributed by atoms with Gasteiger partial charge in [-0.05, 0) is 12.0 Å². The lowest BCUT2D eigenvalue weighted by Crippen LogP contribution is -2.32. The molecule has 2 unspecified atom stereocenters. The summed E-state index contributed by atoms with van der Waals surface area (Å²) in [4.78, 5) is 9.86. The summed E-state index contributed by atoms with van der Waals surface area (Å²) in [5.74, 6) is 0.0570. The highest BCUT2D eigenvalue weighted by molar-refractivity contribution is 7.89. The summed E-state index contributed by atoms with van der Waals surface area (Å²) in [6.45, 7) is 2.41. The number of non-ortho nitro benzene ring substituents is 1. The molecule has 0 aromatic heterocycles. The molecule has 0 radical (unpaired) electrons. The third-order valence-corrected chi connectivity index (χ3v) is 5.70. The Bertz CT molecular complexity index is 643. The Labute approximate surface area is 133 Å². The van der Waals surface area contributed by atoms with Crippen molar-refractivity contribution in [3.63, 3.8) is 0 Å². The fourth-order valence-corrected chi connectivity index (χ4v) is 4.18. The maximum absolute atomic E-state index is 12.4. The first-order valence-electron chi connectivity index (χ1n) is 5.93. The standard InChI is InChI=1S/C11H14ClN3O4S.ClH/c1-7-5-14(6-10(7)13)20(18,19)11-3-2-8(15(16)17)4-9(11)12;/h2-4,7,10H,5-6,13H2,1H3;1H. The molecule has 2 N–H and O–H groups in total. The molecule has 1 aliphatic rings. The van der Waals surface area contributed by atoms with Gasteiger partial charge in [-0.1, -0.05) is 18.5 Å². The molecule has 1 aromatic rings. The molecule has 1 saturated heterocycles. The lowest BCUT2D eigenvalue weighted by molar-refractivity contribution is -0.384. The van der Waals surface area contributed by atoms with Crippen LogP contribution in [-0.2, 0) is 10.0 Å². The largest absolute Gasteiger partial charge is 0.326 e. The molecule has 0 amide bonds. The smallest absolute Gasteiger partial charge is 0.271 e. The van der Waals surface area contributed by atoms with Crippen molar-refractivity contribution in [1.82, 2.24) is 4.31 Å². The Hall–Kier alpha value is -0.930. The summed E-state index contributed by atoms with van der Waals surface area (Å²) in [7, 11) is -3.78. The number of halogens is 2. The highest BCUT2D eigenvalue weighted by Crippen LogP contribution is 2.30. The number of rotatable bonds is 3. The number of nitrogens with zero attached hydrogens (tertiary/aromatic N) is 2. The Morgan fingerprint density at radius 3 is 2.48 bits per heavy atom. The van der Waals surface area contributed by atoms with Gasteiger partial charge in [0.05, 0.1) is 9.95 Å². The van der Waals surface area contributed by atoms with E-state index in [2.05, 4.69) is 0 Å². The average Bonchev–Trinajstić information content (AvgIpc) is 2.69. The normalized spacial score (nSPS) is 22.8. The molecule has 7 nitrogen and oxygen atoms in total. The lowest BCUT2D eigenvalue weighted by Gasteiger charge is -2.16. The van der Waals surface area contributed by atoms with Crippen molar-refractivity contribution >= 4 is 39.7 Å². The van der Waals surface area contributed by atoms with Crippen LogP contribution < -0.4 is 5.73 Å². The third kappa shape index (κ3) is 3.46. The van der Waals surface area contributed by atoms with E-state index in [1.165, 1.54) is 4.31 Å². The van der Waals surface area contributed by atoms with E-state index in [1.807, 2.05) is 6.92 Å². The van der Waals surface area contributed by atoms with Crippen molar-refractivity contribution in [3.8, 4) is 0 Å². The Morgan fingerprint density at radius 2 is 2.05 bits per heavy atom. The predicted molar refractivity (Wildman–Crippen MR) is 81.3 cm³/mol. The van der Waals surface area contributed by atoms with Gasteiger partial charge in [0.25, 0.3) is 5.69 Å². The summed E-state index contributed by atoms with van der Waals surface area (Å²) in [6.07, 6.45) is 0. The minimum Gasteiger partial charge on any atom is -0.326 e. The van der Waals surface area contributed by atoms with Crippen LogP contribution in [-0.4, -0.2) is 36.8 Å². The molecule has 1 aromatic carbocycles. The van der Waals surface area contributed by atoms with Crippen LogP contribution in [0.2, 0.25) is 5.02 Å². The fourth-order valence-electron chi connectivity index (χ4n) is 2.09. The first kappa shape index (κ1) is 18.1. The van der Waals surface area contributed by atoms with Gasteiger partial charge in [0.15, 0.2) is 0 Å². The SMILES string of the molecule is CC1CN(S(=O)(=O)c2ccc([N+](=O)[O-])cc2Cl)CC1N.Cl. The highest BCUT2D eigenvalue weighted by atomic mass is 35.5. The quantitative estimate of drug-likeness (QED) is 0.654. The molecule has 0 aliphatic carbocycles. The molecule has 0 spiro atoms. The number of nitrogens with two attached hydrogens (primary N) is 1. The van der Waals surface area contributed by atoms with E-state index in [4.69, 9.17) is 17.3 Å². The maximum atomic E-state index is 12.4. The van der Waals surface area contributed by atoms with Crippen LogP contribution in [0.15, 0.2) is 23.1 Å². The van der Waals surface area contributed by atoms with E-state index in [0.717, 1.165) is 18.2 Å². The van der Waals surface area contributed by atoms with Crippen LogP contribution >= 0.6 is 24.0 Å². The number of hydrogen-bond acceptors (Lipinski definition) is 5. The molecular weight excluding hydrogens is 341 g/mol. The van der Waals surface area contributed by atoms with Crippen molar-refractivity contribution in [2.24, 2.45) is 11.7 Å². The van der Waals surface area contributed by atoms with Crippen LogP contribution in [0.1, 0.15) is 6.92 Å². The number of nitro benzene ring substituents is 1.